The SMILES string of the molecule is [C-]#[N+]c1cc(C=O)ccc1Oc1ccc(C)nc1. The highest BCUT2D eigenvalue weighted by atomic mass is 16.5. The molecule has 88 valence electrons. The highest BCUT2D eigenvalue weighted by Crippen LogP contribution is 2.32. The molecular weight excluding hydrogens is 228 g/mol. The van der Waals surface area contributed by atoms with E-state index >= 15 is 0 Å². The molecule has 0 amide bonds. The molecule has 0 radical (unpaired) electrons. The predicted molar refractivity (Wildman–Crippen MR) is 67.1 cm³/mol. The van der Waals surface area contributed by atoms with E-state index in [1.54, 1.807) is 24.4 Å². The molecule has 1 heterocycles. The Morgan fingerprint density at radius 3 is 2.78 bits per heavy atom. The fourth-order valence-corrected chi connectivity index (χ4v) is 1.42. The van der Waals surface area contributed by atoms with Crippen molar-refractivity contribution in [2.24, 2.45) is 0 Å². The molecule has 2 rings (SSSR count). The van der Waals surface area contributed by atoms with E-state index in [-0.39, 0.29) is 0 Å². The largest absolute Gasteiger partial charge is 0.467 e. The van der Waals surface area contributed by atoms with Gasteiger partial charge in [0.1, 0.15) is 17.8 Å². The summed E-state index contributed by atoms with van der Waals surface area (Å²) < 4.78 is 5.56. The molecule has 18 heavy (non-hydrogen) atoms. The van der Waals surface area contributed by atoms with Crippen molar-refractivity contribution < 1.29 is 9.53 Å². The van der Waals surface area contributed by atoms with Gasteiger partial charge >= 0.3 is 0 Å². The molecule has 0 fully saturated rings. The van der Waals surface area contributed by atoms with Gasteiger partial charge in [0.2, 0.25) is 5.69 Å². The third kappa shape index (κ3) is 2.53. The van der Waals surface area contributed by atoms with Crippen LogP contribution in [0.1, 0.15) is 16.1 Å². The van der Waals surface area contributed by atoms with E-state index in [0.29, 0.717) is 29.0 Å². The predicted octanol–water partition coefficient (Wildman–Crippen LogP) is 3.55. The van der Waals surface area contributed by atoms with Crippen LogP contribution in [0.15, 0.2) is 36.5 Å². The van der Waals surface area contributed by atoms with Gasteiger partial charge in [-0.25, -0.2) is 4.85 Å². The van der Waals surface area contributed by atoms with E-state index in [2.05, 4.69) is 9.83 Å². The van der Waals surface area contributed by atoms with Crippen molar-refractivity contribution in [3.8, 4) is 11.5 Å². The maximum atomic E-state index is 10.6. The Balaban J connectivity index is 2.31. The first-order chi connectivity index (χ1) is 8.72. The fourth-order valence-electron chi connectivity index (χ4n) is 1.42. The van der Waals surface area contributed by atoms with Crippen LogP contribution < -0.4 is 4.74 Å². The van der Waals surface area contributed by atoms with Crippen LogP contribution in [0, 0.1) is 13.5 Å². The topological polar surface area (TPSA) is 43.5 Å². The normalized spacial score (nSPS) is 9.56. The first-order valence-electron chi connectivity index (χ1n) is 5.30. The first-order valence-corrected chi connectivity index (χ1v) is 5.30. The van der Waals surface area contributed by atoms with Gasteiger partial charge in [0.25, 0.3) is 0 Å². The van der Waals surface area contributed by atoms with E-state index in [1.807, 2.05) is 13.0 Å². The Bertz CT molecular complexity index is 613. The lowest BCUT2D eigenvalue weighted by Gasteiger charge is -2.07. The van der Waals surface area contributed by atoms with Gasteiger partial charge in [0.15, 0.2) is 0 Å². The number of hydrogen-bond donors (Lipinski definition) is 0. The van der Waals surface area contributed by atoms with Crippen LogP contribution in [0.25, 0.3) is 4.85 Å². The molecule has 4 heteroatoms. The van der Waals surface area contributed by atoms with Crippen LogP contribution in [0.5, 0.6) is 11.5 Å². The monoisotopic (exact) mass is 238 g/mol. The second-order valence-corrected chi connectivity index (χ2v) is 3.69. The van der Waals surface area contributed by atoms with Gasteiger partial charge in [0, 0.05) is 11.3 Å². The van der Waals surface area contributed by atoms with Gasteiger partial charge < -0.3 is 4.74 Å². The van der Waals surface area contributed by atoms with Gasteiger partial charge in [-0.1, -0.05) is 6.07 Å². The van der Waals surface area contributed by atoms with Gasteiger partial charge in [0.05, 0.1) is 12.8 Å². The smallest absolute Gasteiger partial charge is 0.229 e. The minimum absolute atomic E-state index is 0.306. The molecule has 0 atom stereocenters. The standard InChI is InChI=1S/C14H10N2O2/c1-10-3-5-12(8-16-10)18-14-6-4-11(9-17)7-13(14)15-2/h3-9H,1H3. The zero-order chi connectivity index (χ0) is 13.0. The van der Waals surface area contributed by atoms with Crippen LogP contribution in [0.4, 0.5) is 5.69 Å². The fraction of sp³-hybridized carbons (Fsp3) is 0.0714. The molecule has 0 aliphatic carbocycles. The molecule has 0 bridgehead atoms. The number of hydrogen-bond acceptors (Lipinski definition) is 3. The second-order valence-electron chi connectivity index (χ2n) is 3.69. The lowest BCUT2D eigenvalue weighted by atomic mass is 10.2. The third-order valence-corrected chi connectivity index (χ3v) is 2.35. The van der Waals surface area contributed by atoms with E-state index in [9.17, 15) is 4.79 Å². The number of aldehydes is 1. The van der Waals surface area contributed by atoms with Crippen molar-refractivity contribution in [1.29, 1.82) is 0 Å². The Morgan fingerprint density at radius 1 is 1.33 bits per heavy atom. The maximum Gasteiger partial charge on any atom is 0.229 e. The lowest BCUT2D eigenvalue weighted by Crippen LogP contribution is -1.88. The molecule has 0 saturated heterocycles. The molecular formula is C14H10N2O2. The maximum absolute atomic E-state index is 10.6. The average molecular weight is 238 g/mol. The number of benzene rings is 1. The first kappa shape index (κ1) is 11.8. The van der Waals surface area contributed by atoms with Gasteiger partial charge in [-0.2, -0.15) is 0 Å². The number of nitrogens with zero attached hydrogens (tertiary/aromatic N) is 2. The van der Waals surface area contributed by atoms with Crippen LogP contribution in [0.2, 0.25) is 0 Å². The zero-order valence-electron chi connectivity index (χ0n) is 9.75. The van der Waals surface area contributed by atoms with Gasteiger partial charge in [-0.3, -0.25) is 9.78 Å². The molecule has 0 spiro atoms. The molecule has 1 aromatic carbocycles. The summed E-state index contributed by atoms with van der Waals surface area (Å²) in [6.45, 7) is 8.95. The minimum atomic E-state index is 0.306. The van der Waals surface area contributed by atoms with Crippen LogP contribution in [-0.4, -0.2) is 11.3 Å². The summed E-state index contributed by atoms with van der Waals surface area (Å²) in [6.07, 6.45) is 2.29. The summed E-state index contributed by atoms with van der Waals surface area (Å²) in [4.78, 5) is 18.1. The summed E-state index contributed by atoms with van der Waals surface area (Å²) in [6, 6.07) is 8.32. The molecule has 0 aliphatic rings. The number of aromatic nitrogens is 1. The van der Waals surface area contributed by atoms with Crippen molar-refractivity contribution in [3.63, 3.8) is 0 Å². The summed E-state index contributed by atoms with van der Waals surface area (Å²) in [7, 11) is 0. The third-order valence-electron chi connectivity index (χ3n) is 2.35. The number of carbonyl (C=O) groups is 1. The van der Waals surface area contributed by atoms with Crippen molar-refractivity contribution >= 4 is 12.0 Å². The highest BCUT2D eigenvalue weighted by molar-refractivity contribution is 5.79. The van der Waals surface area contributed by atoms with E-state index in [0.717, 1.165) is 5.69 Å². The van der Waals surface area contributed by atoms with Gasteiger partial charge in [-0.05, 0) is 31.2 Å². The highest BCUT2D eigenvalue weighted by Gasteiger charge is 2.06. The Kier molecular flexibility index (Phi) is 3.35. The summed E-state index contributed by atoms with van der Waals surface area (Å²) in [5.74, 6) is 0.977. The number of pyridine rings is 1. The molecule has 0 saturated carbocycles. The molecule has 2 aromatic rings. The number of carbonyl (C=O) groups excluding carboxylic acids is 1. The van der Waals surface area contributed by atoms with E-state index in [4.69, 9.17) is 11.3 Å². The number of ether oxygens (including phenoxy) is 1. The Morgan fingerprint density at radius 2 is 2.17 bits per heavy atom. The molecule has 4 nitrogen and oxygen atoms in total. The van der Waals surface area contributed by atoms with E-state index in [1.165, 1.54) is 6.07 Å². The molecule has 0 N–H and O–H groups in total. The Labute approximate surface area is 105 Å². The lowest BCUT2D eigenvalue weighted by molar-refractivity contribution is 0.112. The van der Waals surface area contributed by atoms with Crippen molar-refractivity contribution in [3.05, 3.63) is 59.2 Å². The van der Waals surface area contributed by atoms with Gasteiger partial charge in [-0.15, -0.1) is 0 Å². The van der Waals surface area contributed by atoms with E-state index < -0.39 is 0 Å². The summed E-state index contributed by atoms with van der Waals surface area (Å²) >= 11 is 0. The minimum Gasteiger partial charge on any atom is -0.467 e. The zero-order valence-corrected chi connectivity index (χ0v) is 9.75. The second kappa shape index (κ2) is 5.11. The molecule has 0 aliphatic heterocycles. The Hall–Kier alpha value is -2.67. The quantitative estimate of drug-likeness (QED) is 0.606. The van der Waals surface area contributed by atoms with Crippen LogP contribution in [0.3, 0.4) is 0 Å². The van der Waals surface area contributed by atoms with Crippen LogP contribution in [-0.2, 0) is 0 Å². The van der Waals surface area contributed by atoms with Crippen molar-refractivity contribution in [1.82, 2.24) is 4.98 Å². The summed E-state index contributed by atoms with van der Waals surface area (Å²) in [5.41, 5.74) is 1.65. The molecule has 0 unspecified atom stereocenters. The van der Waals surface area contributed by atoms with Crippen LogP contribution >= 0.6 is 0 Å². The van der Waals surface area contributed by atoms with Crippen molar-refractivity contribution in [2.45, 2.75) is 6.92 Å². The average Bonchev–Trinajstić information content (AvgIpc) is 2.41. The van der Waals surface area contributed by atoms with Crippen molar-refractivity contribution in [2.75, 3.05) is 0 Å². The molecule has 1 aromatic heterocycles. The number of rotatable bonds is 3. The number of aryl methyl sites for hydroxylation is 1. The summed E-state index contributed by atoms with van der Waals surface area (Å²) in [5, 5.41) is 0.